The number of hydrogen-bond donors (Lipinski definition) is 0. The number of benzene rings is 1. The molecule has 0 aliphatic rings. The summed E-state index contributed by atoms with van der Waals surface area (Å²) in [5.41, 5.74) is 2.26. The molecule has 0 saturated heterocycles. The van der Waals surface area contributed by atoms with E-state index in [2.05, 4.69) is 12.1 Å². The van der Waals surface area contributed by atoms with Crippen molar-refractivity contribution in [2.45, 2.75) is 11.7 Å². The quantitative estimate of drug-likeness (QED) is 0.607. The summed E-state index contributed by atoms with van der Waals surface area (Å²) < 4.78 is 5.15. The van der Waals surface area contributed by atoms with Crippen LogP contribution >= 0.6 is 20.0 Å². The Hall–Kier alpha value is -0.117. The van der Waals surface area contributed by atoms with Crippen LogP contribution in [0.4, 0.5) is 0 Å². The van der Waals surface area contributed by atoms with Crippen LogP contribution in [0.3, 0.4) is 0 Å². The molecule has 0 fully saturated rings. The molecule has 0 aliphatic heterocycles. The first-order valence-corrected chi connectivity index (χ1v) is 11.3. The summed E-state index contributed by atoms with van der Waals surface area (Å²) in [4.78, 5) is 0. The fourth-order valence-electron chi connectivity index (χ4n) is 1.46. The third-order valence-electron chi connectivity index (χ3n) is 2.11. The van der Waals surface area contributed by atoms with Crippen LogP contribution in [-0.4, -0.2) is 19.6 Å². The molecule has 0 aliphatic carbocycles. The summed E-state index contributed by atoms with van der Waals surface area (Å²) in [6.45, 7) is 2.00. The normalized spacial score (nSPS) is 14.1. The molecule has 1 aromatic carbocycles. The number of allylic oxidation sites excluding steroid dienone is 1. The Labute approximate surface area is 104 Å². The third kappa shape index (κ3) is 3.74. The Bertz CT molecular complexity index is 325. The third-order valence-corrected chi connectivity index (χ3v) is 6.95. The van der Waals surface area contributed by atoms with E-state index >= 15 is 0 Å². The molecule has 81 valence electrons. The van der Waals surface area contributed by atoms with E-state index in [1.807, 2.05) is 25.1 Å². The van der Waals surface area contributed by atoms with Gasteiger partial charge in [-0.3, -0.25) is 0 Å². The molecule has 1 unspecified atom stereocenters. The standard InChI is InChI=1S/C11H13Cl2GeO/c1-9(8-15-2)11(14(12)13)10-6-4-3-5-7-10/h3-8,11H,1-2H3/b9-8+. The molecule has 0 saturated carbocycles. The van der Waals surface area contributed by atoms with Crippen molar-refractivity contribution in [3.63, 3.8) is 0 Å². The van der Waals surface area contributed by atoms with Gasteiger partial charge in [-0.15, -0.1) is 0 Å². The van der Waals surface area contributed by atoms with Crippen LogP contribution in [0.25, 0.3) is 0 Å². The fraction of sp³-hybridized carbons (Fsp3) is 0.273. The van der Waals surface area contributed by atoms with Gasteiger partial charge in [-0.2, -0.15) is 0 Å². The van der Waals surface area contributed by atoms with Crippen LogP contribution in [0.1, 0.15) is 17.2 Å². The summed E-state index contributed by atoms with van der Waals surface area (Å²) >= 11 is -2.07. The Kier molecular flexibility index (Phi) is 5.58. The zero-order valence-corrected chi connectivity index (χ0v) is 12.3. The minimum atomic E-state index is -2.07. The molecule has 0 heterocycles. The summed E-state index contributed by atoms with van der Waals surface area (Å²) in [6, 6.07) is 10.1. The zero-order chi connectivity index (χ0) is 11.3. The monoisotopic (exact) mass is 305 g/mol. The summed E-state index contributed by atoms with van der Waals surface area (Å²) in [6.07, 6.45) is 1.72. The second kappa shape index (κ2) is 6.46. The predicted molar refractivity (Wildman–Crippen MR) is 67.4 cm³/mol. The molecule has 1 aromatic rings. The molecule has 0 amide bonds. The molecular weight excluding hydrogens is 292 g/mol. The van der Waals surface area contributed by atoms with Crippen LogP contribution in [0.2, 0.25) is 0 Å². The molecule has 1 atom stereocenters. The van der Waals surface area contributed by atoms with Gasteiger partial charge in [0.05, 0.1) is 0 Å². The van der Waals surface area contributed by atoms with Crippen molar-refractivity contribution in [3.8, 4) is 0 Å². The summed E-state index contributed by atoms with van der Waals surface area (Å²) in [5, 5.41) is 0. The number of methoxy groups -OCH3 is 1. The van der Waals surface area contributed by atoms with E-state index in [0.717, 1.165) is 5.57 Å². The number of rotatable bonds is 4. The van der Waals surface area contributed by atoms with Crippen molar-refractivity contribution in [2.24, 2.45) is 0 Å². The molecule has 15 heavy (non-hydrogen) atoms. The molecule has 1 rings (SSSR count). The average molecular weight is 305 g/mol. The predicted octanol–water partition coefficient (Wildman–Crippen LogP) is 3.83. The first-order valence-electron chi connectivity index (χ1n) is 4.59. The van der Waals surface area contributed by atoms with Gasteiger partial charge < -0.3 is 0 Å². The van der Waals surface area contributed by atoms with Gasteiger partial charge in [0, 0.05) is 0 Å². The van der Waals surface area contributed by atoms with Crippen molar-refractivity contribution in [2.75, 3.05) is 7.11 Å². The summed E-state index contributed by atoms with van der Waals surface area (Å²) in [7, 11) is 13.9. The minimum absolute atomic E-state index is 0.148. The molecule has 0 spiro atoms. The van der Waals surface area contributed by atoms with Crippen LogP contribution < -0.4 is 0 Å². The molecular formula is C11H13Cl2GeO. The molecule has 4 heteroatoms. The van der Waals surface area contributed by atoms with Gasteiger partial charge in [0.15, 0.2) is 0 Å². The van der Waals surface area contributed by atoms with Gasteiger partial charge >= 0.3 is 104 Å². The second-order valence-electron chi connectivity index (χ2n) is 3.23. The van der Waals surface area contributed by atoms with Gasteiger partial charge in [0.2, 0.25) is 0 Å². The summed E-state index contributed by atoms with van der Waals surface area (Å²) in [5.74, 6) is 0. The van der Waals surface area contributed by atoms with E-state index in [1.165, 1.54) is 5.56 Å². The van der Waals surface area contributed by atoms with E-state index in [1.54, 1.807) is 13.4 Å². The van der Waals surface area contributed by atoms with Crippen LogP contribution in [0, 0.1) is 0 Å². The van der Waals surface area contributed by atoms with Crippen molar-refractivity contribution >= 4 is 32.5 Å². The zero-order valence-electron chi connectivity index (χ0n) is 8.71. The van der Waals surface area contributed by atoms with Crippen LogP contribution in [0.5, 0.6) is 0 Å². The van der Waals surface area contributed by atoms with Gasteiger partial charge in [-0.25, -0.2) is 0 Å². The number of hydrogen-bond acceptors (Lipinski definition) is 1. The van der Waals surface area contributed by atoms with Crippen molar-refractivity contribution in [1.82, 2.24) is 0 Å². The fourth-order valence-corrected chi connectivity index (χ4v) is 6.36. The van der Waals surface area contributed by atoms with Crippen molar-refractivity contribution < 1.29 is 4.74 Å². The van der Waals surface area contributed by atoms with Gasteiger partial charge in [-0.1, -0.05) is 0 Å². The second-order valence-corrected chi connectivity index (χ2v) is 10.9. The van der Waals surface area contributed by atoms with E-state index in [0.29, 0.717) is 0 Å². The van der Waals surface area contributed by atoms with Gasteiger partial charge in [0.1, 0.15) is 0 Å². The van der Waals surface area contributed by atoms with E-state index in [4.69, 9.17) is 24.8 Å². The molecule has 0 aromatic heterocycles. The maximum atomic E-state index is 6.14. The Morgan fingerprint density at radius 3 is 2.40 bits per heavy atom. The Morgan fingerprint density at radius 2 is 1.93 bits per heavy atom. The first-order chi connectivity index (χ1) is 7.16. The molecule has 1 radical (unpaired) electrons. The molecule has 0 bridgehead atoms. The molecule has 1 nitrogen and oxygen atoms in total. The Morgan fingerprint density at radius 1 is 1.33 bits per heavy atom. The van der Waals surface area contributed by atoms with Crippen molar-refractivity contribution in [3.05, 3.63) is 47.7 Å². The topological polar surface area (TPSA) is 9.23 Å². The first kappa shape index (κ1) is 13.0. The maximum absolute atomic E-state index is 6.14. The van der Waals surface area contributed by atoms with Crippen LogP contribution in [0.15, 0.2) is 42.2 Å². The number of ether oxygens (including phenoxy) is 1. The van der Waals surface area contributed by atoms with Crippen LogP contribution in [-0.2, 0) is 4.74 Å². The van der Waals surface area contributed by atoms with Crippen molar-refractivity contribution in [1.29, 1.82) is 0 Å². The van der Waals surface area contributed by atoms with Gasteiger partial charge in [-0.05, 0) is 0 Å². The van der Waals surface area contributed by atoms with E-state index in [9.17, 15) is 0 Å². The number of halogens is 2. The average Bonchev–Trinajstić information content (AvgIpc) is 2.19. The SMILES string of the molecule is CO/C=C(\C)[CH](c1ccccc1)[Ge]([Cl])[Cl]. The van der Waals surface area contributed by atoms with Gasteiger partial charge in [0.25, 0.3) is 0 Å². The Balaban J connectivity index is 2.99. The molecule has 0 N–H and O–H groups in total. The van der Waals surface area contributed by atoms with E-state index < -0.39 is 12.5 Å². The van der Waals surface area contributed by atoms with E-state index in [-0.39, 0.29) is 4.75 Å².